The van der Waals surface area contributed by atoms with E-state index in [1.165, 1.54) is 12.1 Å². The van der Waals surface area contributed by atoms with Crippen molar-refractivity contribution in [3.05, 3.63) is 29.8 Å². The quantitative estimate of drug-likeness (QED) is 0.492. The monoisotopic (exact) mass is 339 g/mol. The summed E-state index contributed by atoms with van der Waals surface area (Å²) in [6, 6.07) is 4.22. The Hall–Kier alpha value is -0.294. The molecule has 0 bridgehead atoms. The fourth-order valence-corrected chi connectivity index (χ4v) is 2.68. The molecule has 0 radical (unpaired) electrons. The van der Waals surface area contributed by atoms with Crippen LogP contribution in [0.15, 0.2) is 29.2 Å². The summed E-state index contributed by atoms with van der Waals surface area (Å²) in [6.07, 6.45) is -0.863. The van der Waals surface area contributed by atoms with E-state index >= 15 is 0 Å². The van der Waals surface area contributed by atoms with Crippen molar-refractivity contribution < 1.29 is 79.6 Å². The third-order valence-corrected chi connectivity index (χ3v) is 4.05. The van der Waals surface area contributed by atoms with Crippen molar-refractivity contribution >= 4 is 22.0 Å². The Balaban J connectivity index is 0.00000400. The summed E-state index contributed by atoms with van der Waals surface area (Å²) in [5, 5.41) is 19.3. The number of aliphatic carboxylic acids is 2. The van der Waals surface area contributed by atoms with E-state index in [-0.39, 0.29) is 62.7 Å². The topological polar surface area (TPSA) is 124 Å². The number of carbonyl (C=O) groups excluding carboxylic acids is 1. The van der Waals surface area contributed by atoms with Crippen LogP contribution in [0.4, 0.5) is 0 Å². The van der Waals surface area contributed by atoms with E-state index < -0.39 is 34.4 Å². The van der Waals surface area contributed by atoms with Crippen LogP contribution in [-0.4, -0.2) is 31.5 Å². The molecule has 1 aromatic rings. The van der Waals surface area contributed by atoms with E-state index in [0.29, 0.717) is 0 Å². The SMILES string of the molecule is Cc1ccc(S(=O)(=O)N[C@@H](CCC(=O)O)C(=O)[O-])cc1.[K+]. The molecule has 0 spiro atoms. The predicted octanol–water partition coefficient (Wildman–Crippen LogP) is -3.74. The van der Waals surface area contributed by atoms with Crippen LogP contribution in [0, 0.1) is 6.92 Å². The first-order valence-electron chi connectivity index (χ1n) is 5.74. The molecule has 0 amide bonds. The molecule has 21 heavy (non-hydrogen) atoms. The van der Waals surface area contributed by atoms with Gasteiger partial charge < -0.3 is 15.0 Å². The zero-order valence-electron chi connectivity index (χ0n) is 11.7. The van der Waals surface area contributed by atoms with Crippen LogP contribution in [0.5, 0.6) is 0 Å². The second-order valence-electron chi connectivity index (χ2n) is 4.24. The molecule has 110 valence electrons. The fourth-order valence-electron chi connectivity index (χ4n) is 1.47. The number of rotatable bonds is 7. The van der Waals surface area contributed by atoms with Crippen LogP contribution in [0.3, 0.4) is 0 Å². The van der Waals surface area contributed by atoms with Gasteiger partial charge in [-0.25, -0.2) is 13.1 Å². The van der Waals surface area contributed by atoms with Crippen LogP contribution < -0.4 is 61.2 Å². The molecule has 1 rings (SSSR count). The summed E-state index contributed by atoms with van der Waals surface area (Å²) >= 11 is 0. The zero-order chi connectivity index (χ0) is 15.3. The van der Waals surface area contributed by atoms with Gasteiger partial charge in [-0.1, -0.05) is 17.7 Å². The first kappa shape index (κ1) is 20.7. The molecule has 0 aliphatic carbocycles. The summed E-state index contributed by atoms with van der Waals surface area (Å²) in [6.45, 7) is 1.78. The van der Waals surface area contributed by atoms with Gasteiger partial charge in [0.1, 0.15) is 0 Å². The van der Waals surface area contributed by atoms with Gasteiger partial charge in [-0.2, -0.15) is 0 Å². The van der Waals surface area contributed by atoms with Gasteiger partial charge in [-0.3, -0.25) is 4.79 Å². The van der Waals surface area contributed by atoms with Crippen molar-refractivity contribution in [3.63, 3.8) is 0 Å². The molecule has 0 unspecified atom stereocenters. The second-order valence-corrected chi connectivity index (χ2v) is 5.95. The number of sulfonamides is 1. The van der Waals surface area contributed by atoms with E-state index in [9.17, 15) is 23.1 Å². The van der Waals surface area contributed by atoms with E-state index in [2.05, 4.69) is 0 Å². The van der Waals surface area contributed by atoms with Gasteiger partial charge in [0, 0.05) is 6.42 Å². The molecule has 1 aromatic carbocycles. The van der Waals surface area contributed by atoms with Crippen LogP contribution >= 0.6 is 0 Å². The van der Waals surface area contributed by atoms with Crippen LogP contribution in [0.2, 0.25) is 0 Å². The molecular formula is C12H14KNO6S. The zero-order valence-corrected chi connectivity index (χ0v) is 15.6. The number of carbonyl (C=O) groups is 2. The molecule has 7 nitrogen and oxygen atoms in total. The Morgan fingerprint density at radius 1 is 1.29 bits per heavy atom. The minimum Gasteiger partial charge on any atom is -0.548 e. The fraction of sp³-hybridized carbons (Fsp3) is 0.333. The van der Waals surface area contributed by atoms with Crippen molar-refractivity contribution in [2.75, 3.05) is 0 Å². The third-order valence-electron chi connectivity index (χ3n) is 2.56. The number of benzene rings is 1. The maximum absolute atomic E-state index is 12.0. The molecular weight excluding hydrogens is 325 g/mol. The van der Waals surface area contributed by atoms with Gasteiger partial charge in [0.2, 0.25) is 10.0 Å². The average molecular weight is 339 g/mol. The molecule has 0 fully saturated rings. The van der Waals surface area contributed by atoms with Gasteiger partial charge in [0.15, 0.2) is 0 Å². The molecule has 0 aromatic heterocycles. The predicted molar refractivity (Wildman–Crippen MR) is 67.2 cm³/mol. The number of hydrogen-bond donors (Lipinski definition) is 2. The minimum atomic E-state index is -4.03. The minimum absolute atomic E-state index is 0. The number of carboxylic acids is 2. The molecule has 2 N–H and O–H groups in total. The first-order valence-corrected chi connectivity index (χ1v) is 7.22. The van der Waals surface area contributed by atoms with Crippen molar-refractivity contribution in [1.29, 1.82) is 0 Å². The Morgan fingerprint density at radius 2 is 1.81 bits per heavy atom. The van der Waals surface area contributed by atoms with Crippen molar-refractivity contribution in [3.8, 4) is 0 Å². The first-order chi connectivity index (χ1) is 9.22. The maximum Gasteiger partial charge on any atom is 1.00 e. The Morgan fingerprint density at radius 3 is 2.24 bits per heavy atom. The van der Waals surface area contributed by atoms with E-state index in [1.807, 2.05) is 4.72 Å². The largest absolute Gasteiger partial charge is 1.00 e. The van der Waals surface area contributed by atoms with Gasteiger partial charge in [-0.05, 0) is 25.5 Å². The summed E-state index contributed by atoms with van der Waals surface area (Å²) < 4.78 is 25.8. The standard InChI is InChI=1S/C12H15NO6S.K/c1-8-2-4-9(5-3-8)20(18,19)13-10(12(16)17)6-7-11(14)15;/h2-5,10,13H,6-7H2,1H3,(H,14,15)(H,16,17);/q;+1/p-1/t10-;/m0./s1. The van der Waals surface area contributed by atoms with Gasteiger partial charge in [0.25, 0.3) is 0 Å². The van der Waals surface area contributed by atoms with E-state index in [0.717, 1.165) is 5.56 Å². The molecule has 0 saturated heterocycles. The van der Waals surface area contributed by atoms with E-state index in [4.69, 9.17) is 5.11 Å². The maximum atomic E-state index is 12.0. The summed E-state index contributed by atoms with van der Waals surface area (Å²) in [4.78, 5) is 21.2. The van der Waals surface area contributed by atoms with Crippen molar-refractivity contribution in [1.82, 2.24) is 4.72 Å². The van der Waals surface area contributed by atoms with Crippen molar-refractivity contribution in [2.24, 2.45) is 0 Å². The number of hydrogen-bond acceptors (Lipinski definition) is 5. The molecule has 1 atom stereocenters. The summed E-state index contributed by atoms with van der Waals surface area (Å²) in [7, 11) is -4.03. The molecule has 0 saturated carbocycles. The normalized spacial score (nSPS) is 12.2. The number of nitrogens with one attached hydrogen (secondary N) is 1. The smallest absolute Gasteiger partial charge is 0.548 e. The molecule has 9 heteroatoms. The van der Waals surface area contributed by atoms with Gasteiger partial charge >= 0.3 is 57.4 Å². The molecule has 0 heterocycles. The van der Waals surface area contributed by atoms with Crippen LogP contribution in [-0.2, 0) is 19.6 Å². The van der Waals surface area contributed by atoms with Crippen molar-refractivity contribution in [2.45, 2.75) is 30.7 Å². The van der Waals surface area contributed by atoms with Crippen LogP contribution in [0.25, 0.3) is 0 Å². The average Bonchev–Trinajstić information content (AvgIpc) is 2.34. The summed E-state index contributed by atoms with van der Waals surface area (Å²) in [5.74, 6) is -2.88. The van der Waals surface area contributed by atoms with E-state index in [1.54, 1.807) is 19.1 Å². The van der Waals surface area contributed by atoms with Gasteiger partial charge in [-0.15, -0.1) is 0 Å². The Kier molecular flexibility index (Phi) is 8.86. The summed E-state index contributed by atoms with van der Waals surface area (Å²) in [5.41, 5.74) is 0.853. The van der Waals surface area contributed by atoms with Gasteiger partial charge in [0.05, 0.1) is 16.9 Å². The van der Waals surface area contributed by atoms with Crippen LogP contribution in [0.1, 0.15) is 18.4 Å². The Labute approximate surface area is 165 Å². The molecule has 0 aliphatic rings. The number of carboxylic acid groups (broad SMARTS) is 2. The molecule has 0 aliphatic heterocycles. The second kappa shape index (κ2) is 8.98. The number of aryl methyl sites for hydroxylation is 1. The third kappa shape index (κ3) is 7.00. The Bertz CT molecular complexity index is 599.